The molecule has 1 aliphatic heterocycles. The molecule has 1 saturated heterocycles. The zero-order valence-electron chi connectivity index (χ0n) is 19.8. The van der Waals surface area contributed by atoms with Crippen LogP contribution in [0.15, 0.2) is 73.1 Å². The molecule has 0 aliphatic carbocycles. The maximum Gasteiger partial charge on any atom is 0.230 e. The lowest BCUT2D eigenvalue weighted by molar-refractivity contribution is 0.0361. The van der Waals surface area contributed by atoms with Gasteiger partial charge in [-0.25, -0.2) is 4.98 Å². The number of nitrogens with one attached hydrogen (secondary N) is 1. The average molecular weight is 482 g/mol. The number of rotatable bonds is 7. The van der Waals surface area contributed by atoms with E-state index >= 15 is 0 Å². The van der Waals surface area contributed by atoms with Gasteiger partial charge in [0.25, 0.3) is 0 Å². The molecule has 0 radical (unpaired) electrons. The summed E-state index contributed by atoms with van der Waals surface area (Å²) < 4.78 is 13.6. The Bertz CT molecular complexity index is 1510. The van der Waals surface area contributed by atoms with Crippen molar-refractivity contribution in [1.82, 2.24) is 24.6 Å². The van der Waals surface area contributed by atoms with Crippen molar-refractivity contribution in [2.75, 3.05) is 43.9 Å². The van der Waals surface area contributed by atoms with Crippen LogP contribution in [-0.4, -0.2) is 57.5 Å². The average Bonchev–Trinajstić information content (AvgIpc) is 3.32. The molecule has 36 heavy (non-hydrogen) atoms. The Labute approximate surface area is 208 Å². The highest BCUT2D eigenvalue weighted by atomic mass is 16.5. The summed E-state index contributed by atoms with van der Waals surface area (Å²) >= 11 is 0. The standard InChI is InChI=1S/C27H27N7O2/c28-23-6-8-25(22-4-2-1-3-21(22)23)36-26-9-10-29-27(32-26)31-20-5-7-24-19(17-20)18-30-34(24)12-11-33-13-15-35-16-14-33/h1-10,17-18H,11-16,28H2,(H,29,31,32). The summed E-state index contributed by atoms with van der Waals surface area (Å²) in [6.07, 6.45) is 3.57. The number of morpholine rings is 1. The molecule has 1 aliphatic rings. The van der Waals surface area contributed by atoms with Crippen molar-refractivity contribution in [1.29, 1.82) is 0 Å². The lowest BCUT2D eigenvalue weighted by Gasteiger charge is -2.26. The maximum atomic E-state index is 6.12. The summed E-state index contributed by atoms with van der Waals surface area (Å²) in [6, 6.07) is 19.5. The minimum absolute atomic E-state index is 0.444. The smallest absolute Gasteiger partial charge is 0.230 e. The number of aromatic nitrogens is 4. The molecule has 3 N–H and O–H groups in total. The number of nitrogen functional groups attached to an aromatic ring is 1. The van der Waals surface area contributed by atoms with Crippen LogP contribution < -0.4 is 15.8 Å². The lowest BCUT2D eigenvalue weighted by Crippen LogP contribution is -2.38. The fourth-order valence-corrected chi connectivity index (χ4v) is 4.49. The number of benzene rings is 3. The lowest BCUT2D eigenvalue weighted by atomic mass is 10.1. The summed E-state index contributed by atoms with van der Waals surface area (Å²) in [4.78, 5) is 11.3. The second-order valence-electron chi connectivity index (χ2n) is 8.74. The molecule has 182 valence electrons. The highest BCUT2D eigenvalue weighted by molar-refractivity contribution is 5.97. The molecule has 0 unspecified atom stereocenters. The first-order valence-electron chi connectivity index (χ1n) is 12.0. The molecule has 0 saturated carbocycles. The topological polar surface area (TPSA) is 103 Å². The van der Waals surface area contributed by atoms with E-state index in [1.54, 1.807) is 12.3 Å². The predicted molar refractivity (Wildman–Crippen MR) is 141 cm³/mol. The molecule has 1 fully saturated rings. The van der Waals surface area contributed by atoms with E-state index in [-0.39, 0.29) is 0 Å². The Morgan fingerprint density at radius 1 is 0.972 bits per heavy atom. The van der Waals surface area contributed by atoms with Crippen molar-refractivity contribution >= 4 is 39.0 Å². The molecule has 0 amide bonds. The molecule has 0 bridgehead atoms. The Morgan fingerprint density at radius 3 is 2.72 bits per heavy atom. The van der Waals surface area contributed by atoms with Crippen LogP contribution in [0.2, 0.25) is 0 Å². The van der Waals surface area contributed by atoms with Crippen LogP contribution in [0.25, 0.3) is 21.7 Å². The van der Waals surface area contributed by atoms with Crippen LogP contribution in [-0.2, 0) is 11.3 Å². The van der Waals surface area contributed by atoms with Crippen LogP contribution in [0.5, 0.6) is 11.6 Å². The number of fused-ring (bicyclic) bond motifs is 2. The number of nitrogens with two attached hydrogens (primary N) is 1. The number of anilines is 3. The van der Waals surface area contributed by atoms with E-state index in [0.717, 1.165) is 66.8 Å². The molecule has 3 aromatic carbocycles. The monoisotopic (exact) mass is 481 g/mol. The van der Waals surface area contributed by atoms with Crippen molar-refractivity contribution < 1.29 is 9.47 Å². The predicted octanol–water partition coefficient (Wildman–Crippen LogP) is 4.43. The van der Waals surface area contributed by atoms with Crippen molar-refractivity contribution in [3.05, 3.63) is 73.1 Å². The van der Waals surface area contributed by atoms with E-state index in [2.05, 4.69) is 42.1 Å². The Morgan fingerprint density at radius 2 is 1.83 bits per heavy atom. The van der Waals surface area contributed by atoms with Crippen molar-refractivity contribution in [3.8, 4) is 11.6 Å². The van der Waals surface area contributed by atoms with Crippen molar-refractivity contribution in [3.63, 3.8) is 0 Å². The molecule has 9 heteroatoms. The first kappa shape index (κ1) is 22.3. The van der Waals surface area contributed by atoms with Gasteiger partial charge in [-0.2, -0.15) is 10.1 Å². The molecule has 9 nitrogen and oxygen atoms in total. The minimum Gasteiger partial charge on any atom is -0.438 e. The fourth-order valence-electron chi connectivity index (χ4n) is 4.49. The molecule has 2 aromatic heterocycles. The Balaban J connectivity index is 1.17. The van der Waals surface area contributed by atoms with Crippen LogP contribution in [0.3, 0.4) is 0 Å². The number of ether oxygens (including phenoxy) is 2. The summed E-state index contributed by atoms with van der Waals surface area (Å²) in [5.41, 5.74) is 8.81. The van der Waals surface area contributed by atoms with Crippen molar-refractivity contribution in [2.45, 2.75) is 6.54 Å². The van der Waals surface area contributed by atoms with E-state index in [9.17, 15) is 0 Å². The molecular weight excluding hydrogens is 454 g/mol. The summed E-state index contributed by atoms with van der Waals surface area (Å²) in [7, 11) is 0. The largest absolute Gasteiger partial charge is 0.438 e. The quantitative estimate of drug-likeness (QED) is 0.329. The Kier molecular flexibility index (Phi) is 6.06. The first-order valence-corrected chi connectivity index (χ1v) is 12.0. The van der Waals surface area contributed by atoms with E-state index < -0.39 is 0 Å². The van der Waals surface area contributed by atoms with Crippen LogP contribution >= 0.6 is 0 Å². The Hall–Kier alpha value is -4.21. The van der Waals surface area contributed by atoms with Gasteiger partial charge in [0.05, 0.1) is 31.5 Å². The molecular formula is C27H27N7O2. The molecule has 5 aromatic rings. The summed E-state index contributed by atoms with van der Waals surface area (Å²) in [6.45, 7) is 5.37. The highest BCUT2D eigenvalue weighted by Crippen LogP contribution is 2.32. The SMILES string of the molecule is Nc1ccc(Oc2ccnc(Nc3ccc4c(cnn4CCN4CCOCC4)c3)n2)c2ccccc12. The van der Waals surface area contributed by atoms with E-state index in [0.29, 0.717) is 23.3 Å². The van der Waals surface area contributed by atoms with E-state index in [1.807, 2.05) is 48.7 Å². The van der Waals surface area contributed by atoms with Crippen LogP contribution in [0, 0.1) is 0 Å². The van der Waals surface area contributed by atoms with Crippen LogP contribution in [0.1, 0.15) is 0 Å². The zero-order chi connectivity index (χ0) is 24.3. The van der Waals surface area contributed by atoms with Gasteiger partial charge < -0.3 is 20.5 Å². The van der Waals surface area contributed by atoms with Crippen molar-refractivity contribution in [2.24, 2.45) is 0 Å². The number of hydrogen-bond donors (Lipinski definition) is 2. The third-order valence-electron chi connectivity index (χ3n) is 6.39. The van der Waals surface area contributed by atoms with Gasteiger partial charge in [-0.1, -0.05) is 24.3 Å². The molecule has 6 rings (SSSR count). The third-order valence-corrected chi connectivity index (χ3v) is 6.39. The molecule has 3 heterocycles. The molecule has 0 atom stereocenters. The summed E-state index contributed by atoms with van der Waals surface area (Å²) in [5.74, 6) is 1.58. The van der Waals surface area contributed by atoms with Gasteiger partial charge in [0.1, 0.15) is 5.75 Å². The zero-order valence-corrected chi connectivity index (χ0v) is 19.8. The van der Waals surface area contributed by atoms with Gasteiger partial charge >= 0.3 is 0 Å². The number of hydrogen-bond acceptors (Lipinski definition) is 8. The highest BCUT2D eigenvalue weighted by Gasteiger charge is 2.12. The van der Waals surface area contributed by atoms with Gasteiger partial charge in [0, 0.05) is 59.4 Å². The second-order valence-corrected chi connectivity index (χ2v) is 8.74. The third kappa shape index (κ3) is 4.66. The number of nitrogens with zero attached hydrogens (tertiary/aromatic N) is 5. The van der Waals surface area contributed by atoms with Gasteiger partial charge in [0.15, 0.2) is 0 Å². The van der Waals surface area contributed by atoms with Gasteiger partial charge in [-0.05, 0) is 30.3 Å². The van der Waals surface area contributed by atoms with E-state index in [1.165, 1.54) is 0 Å². The first-order chi connectivity index (χ1) is 17.7. The van der Waals surface area contributed by atoms with Gasteiger partial charge in [-0.15, -0.1) is 0 Å². The van der Waals surface area contributed by atoms with Crippen LogP contribution in [0.4, 0.5) is 17.3 Å². The fraction of sp³-hybridized carbons (Fsp3) is 0.222. The van der Waals surface area contributed by atoms with Gasteiger partial charge in [-0.3, -0.25) is 9.58 Å². The molecule has 0 spiro atoms. The van der Waals surface area contributed by atoms with E-state index in [4.69, 9.17) is 15.2 Å². The normalized spacial score (nSPS) is 14.3. The maximum absolute atomic E-state index is 6.12. The summed E-state index contributed by atoms with van der Waals surface area (Å²) in [5, 5.41) is 10.8. The van der Waals surface area contributed by atoms with Gasteiger partial charge in [0.2, 0.25) is 11.8 Å². The minimum atomic E-state index is 0.444. The second kappa shape index (κ2) is 9.80.